The molecule has 2 heteroatoms. The highest BCUT2D eigenvalue weighted by Crippen LogP contribution is 2.58. The third-order valence-electron chi connectivity index (χ3n) is 3.33. The van der Waals surface area contributed by atoms with Crippen molar-refractivity contribution >= 4 is 0 Å². The summed E-state index contributed by atoms with van der Waals surface area (Å²) in [7, 11) is 0. The van der Waals surface area contributed by atoms with Crippen molar-refractivity contribution < 1.29 is 4.42 Å². The van der Waals surface area contributed by atoms with Gasteiger partial charge in [-0.15, -0.1) is 0 Å². The Bertz CT molecular complexity index is 338. The lowest BCUT2D eigenvalue weighted by molar-refractivity contribution is 0.498. The Kier molecular flexibility index (Phi) is 1.62. The molecule has 1 heterocycles. The van der Waals surface area contributed by atoms with Crippen molar-refractivity contribution in [1.82, 2.24) is 0 Å². The van der Waals surface area contributed by atoms with Crippen LogP contribution in [0.25, 0.3) is 0 Å². The van der Waals surface area contributed by atoms with Gasteiger partial charge in [0.05, 0.1) is 0 Å². The zero-order valence-corrected chi connectivity index (χ0v) is 8.72. The maximum Gasteiger partial charge on any atom is 0.104 e. The lowest BCUT2D eigenvalue weighted by atomic mass is 10.0. The molecule has 72 valence electrons. The van der Waals surface area contributed by atoms with E-state index in [0.717, 1.165) is 11.5 Å². The molecule has 1 aliphatic carbocycles. The minimum Gasteiger partial charge on any atom is -0.466 e. The molecule has 13 heavy (non-hydrogen) atoms. The molecule has 2 atom stereocenters. The molecule has 0 unspecified atom stereocenters. The van der Waals surface area contributed by atoms with E-state index in [4.69, 9.17) is 10.2 Å². The maximum absolute atomic E-state index is 6.01. The summed E-state index contributed by atoms with van der Waals surface area (Å²) in [4.78, 5) is 0. The Labute approximate surface area is 79.1 Å². The van der Waals surface area contributed by atoms with Crippen LogP contribution in [0.2, 0.25) is 0 Å². The van der Waals surface area contributed by atoms with E-state index >= 15 is 0 Å². The van der Waals surface area contributed by atoms with Gasteiger partial charge in [-0.25, -0.2) is 0 Å². The smallest absolute Gasteiger partial charge is 0.104 e. The summed E-state index contributed by atoms with van der Waals surface area (Å²) in [6, 6.07) is 2.41. The van der Waals surface area contributed by atoms with Crippen LogP contribution in [0.4, 0.5) is 0 Å². The van der Waals surface area contributed by atoms with Gasteiger partial charge in [0.1, 0.15) is 11.5 Å². The lowest BCUT2D eigenvalue weighted by Gasteiger charge is -1.99. The van der Waals surface area contributed by atoms with Crippen molar-refractivity contribution in [2.75, 3.05) is 0 Å². The molecule has 1 aromatic heterocycles. The van der Waals surface area contributed by atoms with Gasteiger partial charge in [-0.3, -0.25) is 0 Å². The van der Waals surface area contributed by atoms with E-state index in [0.29, 0.717) is 12.0 Å². The van der Waals surface area contributed by atoms with Gasteiger partial charge in [0.2, 0.25) is 0 Å². The lowest BCUT2D eigenvalue weighted by Crippen LogP contribution is -2.06. The normalized spacial score (nSPS) is 30.5. The fourth-order valence-corrected chi connectivity index (χ4v) is 2.23. The van der Waals surface area contributed by atoms with Crippen LogP contribution in [0.1, 0.15) is 36.8 Å². The number of rotatable bonds is 1. The minimum atomic E-state index is 0.251. The van der Waals surface area contributed by atoms with Crippen molar-refractivity contribution in [3.63, 3.8) is 0 Å². The predicted octanol–water partition coefficient (Wildman–Crippen LogP) is 2.35. The van der Waals surface area contributed by atoms with E-state index in [9.17, 15) is 0 Å². The van der Waals surface area contributed by atoms with Crippen molar-refractivity contribution in [2.45, 2.75) is 39.7 Å². The van der Waals surface area contributed by atoms with Crippen LogP contribution in [0, 0.1) is 19.3 Å². The first-order valence-corrected chi connectivity index (χ1v) is 4.77. The van der Waals surface area contributed by atoms with Crippen LogP contribution >= 0.6 is 0 Å². The maximum atomic E-state index is 6.01. The summed E-state index contributed by atoms with van der Waals surface area (Å²) in [5.41, 5.74) is 7.56. The van der Waals surface area contributed by atoms with Gasteiger partial charge in [-0.1, -0.05) is 13.8 Å². The number of hydrogen-bond acceptors (Lipinski definition) is 2. The van der Waals surface area contributed by atoms with Crippen LogP contribution in [-0.4, -0.2) is 6.04 Å². The van der Waals surface area contributed by atoms with E-state index in [1.54, 1.807) is 0 Å². The molecule has 0 radical (unpaired) electrons. The summed E-state index contributed by atoms with van der Waals surface area (Å²) in [5.74, 6) is 2.51. The number of hydrogen-bond donors (Lipinski definition) is 1. The van der Waals surface area contributed by atoms with Crippen LogP contribution in [-0.2, 0) is 0 Å². The highest BCUT2D eigenvalue weighted by Gasteiger charge is 2.57. The summed E-state index contributed by atoms with van der Waals surface area (Å²) in [6.07, 6.45) is 0. The molecule has 0 saturated heterocycles. The highest BCUT2D eigenvalue weighted by atomic mass is 16.3. The van der Waals surface area contributed by atoms with E-state index < -0.39 is 0 Å². The highest BCUT2D eigenvalue weighted by molar-refractivity contribution is 5.36. The molecule has 1 aromatic rings. The molecule has 2 N–H and O–H groups in total. The number of aryl methyl sites for hydroxylation is 2. The van der Waals surface area contributed by atoms with E-state index in [2.05, 4.69) is 19.9 Å². The SMILES string of the molecule is Cc1cc([C@H]2[C@H](N)C2(C)C)c(C)o1. The molecule has 0 spiro atoms. The molecule has 2 rings (SSSR count). The van der Waals surface area contributed by atoms with Gasteiger partial charge in [0, 0.05) is 12.0 Å². The van der Waals surface area contributed by atoms with Crippen molar-refractivity contribution in [3.05, 3.63) is 23.2 Å². The van der Waals surface area contributed by atoms with Crippen LogP contribution < -0.4 is 5.73 Å². The molecular weight excluding hydrogens is 162 g/mol. The first-order valence-electron chi connectivity index (χ1n) is 4.77. The average molecular weight is 179 g/mol. The largest absolute Gasteiger partial charge is 0.466 e. The second-order valence-corrected chi connectivity index (χ2v) is 4.69. The molecule has 1 fully saturated rings. The van der Waals surface area contributed by atoms with Gasteiger partial charge in [0.25, 0.3) is 0 Å². The molecule has 2 nitrogen and oxygen atoms in total. The Morgan fingerprint density at radius 3 is 2.23 bits per heavy atom. The Balaban J connectivity index is 2.34. The fourth-order valence-electron chi connectivity index (χ4n) is 2.23. The second kappa shape index (κ2) is 2.38. The first kappa shape index (κ1) is 8.82. The van der Waals surface area contributed by atoms with E-state index in [1.807, 2.05) is 13.8 Å². The zero-order valence-electron chi connectivity index (χ0n) is 8.72. The van der Waals surface area contributed by atoms with Gasteiger partial charge >= 0.3 is 0 Å². The molecule has 0 aliphatic heterocycles. The molecule has 0 amide bonds. The summed E-state index contributed by atoms with van der Waals surface area (Å²) in [5, 5.41) is 0. The third-order valence-corrected chi connectivity index (χ3v) is 3.33. The van der Waals surface area contributed by atoms with Gasteiger partial charge in [0.15, 0.2) is 0 Å². The Hall–Kier alpha value is -0.760. The summed E-state index contributed by atoms with van der Waals surface area (Å²) >= 11 is 0. The topological polar surface area (TPSA) is 39.2 Å². The van der Waals surface area contributed by atoms with Crippen molar-refractivity contribution in [2.24, 2.45) is 11.1 Å². The summed E-state index contributed by atoms with van der Waals surface area (Å²) < 4.78 is 5.50. The summed E-state index contributed by atoms with van der Waals surface area (Å²) in [6.45, 7) is 8.43. The Morgan fingerprint density at radius 2 is 1.92 bits per heavy atom. The zero-order chi connectivity index (χ0) is 9.80. The van der Waals surface area contributed by atoms with Gasteiger partial charge < -0.3 is 10.2 Å². The third kappa shape index (κ3) is 1.12. The van der Waals surface area contributed by atoms with Gasteiger partial charge in [-0.05, 0) is 30.9 Å². The molecule has 1 aliphatic rings. The molecule has 1 saturated carbocycles. The molecular formula is C11H17NO. The van der Waals surface area contributed by atoms with Crippen LogP contribution in [0.15, 0.2) is 10.5 Å². The number of nitrogens with two attached hydrogens (primary N) is 1. The van der Waals surface area contributed by atoms with E-state index in [1.165, 1.54) is 5.56 Å². The van der Waals surface area contributed by atoms with E-state index in [-0.39, 0.29) is 5.41 Å². The van der Waals surface area contributed by atoms with Crippen molar-refractivity contribution in [1.29, 1.82) is 0 Å². The standard InChI is InChI=1S/C11H17NO/c1-6-5-8(7(2)13-6)9-10(12)11(9,3)4/h5,9-10H,12H2,1-4H3/t9-,10-/m0/s1. The van der Waals surface area contributed by atoms with Crippen LogP contribution in [0.5, 0.6) is 0 Å². The predicted molar refractivity (Wildman–Crippen MR) is 52.7 cm³/mol. The van der Waals surface area contributed by atoms with Crippen LogP contribution in [0.3, 0.4) is 0 Å². The molecule has 0 bridgehead atoms. The van der Waals surface area contributed by atoms with Gasteiger partial charge in [-0.2, -0.15) is 0 Å². The monoisotopic (exact) mass is 179 g/mol. The number of furan rings is 1. The average Bonchev–Trinajstić information content (AvgIpc) is 2.36. The molecule has 0 aromatic carbocycles. The van der Waals surface area contributed by atoms with Crippen molar-refractivity contribution in [3.8, 4) is 0 Å². The first-order chi connectivity index (χ1) is 5.94. The quantitative estimate of drug-likeness (QED) is 0.718. The Morgan fingerprint density at radius 1 is 1.38 bits per heavy atom. The fraction of sp³-hybridized carbons (Fsp3) is 0.636. The second-order valence-electron chi connectivity index (χ2n) is 4.69. The minimum absolute atomic E-state index is 0.251.